The van der Waals surface area contributed by atoms with Crippen LogP contribution in [0.1, 0.15) is 25.8 Å². The number of hydrogen-bond donors (Lipinski definition) is 2. The van der Waals surface area contributed by atoms with Crippen LogP contribution in [0.25, 0.3) is 0 Å². The average molecular weight is 347 g/mol. The second-order valence-electron chi connectivity index (χ2n) is 5.47. The van der Waals surface area contributed by atoms with E-state index in [9.17, 15) is 19.7 Å². The molecular formula is C15H21LiN2O5P. The molecule has 0 saturated heterocycles. The number of carbonyl (C=O) groups excluding carboxylic acids is 1. The molecule has 1 rings (SSSR count). The van der Waals surface area contributed by atoms with E-state index in [0.29, 0.717) is 6.42 Å². The van der Waals surface area contributed by atoms with Crippen molar-refractivity contribution in [2.24, 2.45) is 10.9 Å². The number of nitrogens with one attached hydrogen (secondary N) is 1. The van der Waals surface area contributed by atoms with Gasteiger partial charge in [-0.1, -0.05) is 44.2 Å². The van der Waals surface area contributed by atoms with Crippen LogP contribution in [0, 0.1) is 5.92 Å². The van der Waals surface area contributed by atoms with E-state index in [1.54, 1.807) is 30.6 Å². The van der Waals surface area contributed by atoms with Crippen molar-refractivity contribution in [3.8, 4) is 0 Å². The molecule has 0 aliphatic rings. The third kappa shape index (κ3) is 10.0. The Hall–Kier alpha value is -0.933. The van der Waals surface area contributed by atoms with Crippen LogP contribution in [0.4, 0.5) is 0 Å². The normalized spacial score (nSPS) is 15.3. The molecule has 0 amide bonds. The summed E-state index contributed by atoms with van der Waals surface area (Å²) in [6, 6.07) is 8.13. The summed E-state index contributed by atoms with van der Waals surface area (Å²) in [7, 11) is -3.95. The van der Waals surface area contributed by atoms with Gasteiger partial charge < -0.3 is 14.7 Å². The summed E-state index contributed by atoms with van der Waals surface area (Å²) in [4.78, 5) is 35.8. The third-order valence-corrected chi connectivity index (χ3v) is 4.04. The molecule has 24 heavy (non-hydrogen) atoms. The standard InChI is InChI=1S/C15H22N2O5P.Li/c1-12(2)8-14(9-18)17-23(20,21)11-16-15(19)22-10-13-6-4-3-5-7-13;/h3-7,12,14H,8,10-11H2,1-2H3,(H,16,19)(H2,17,20,21);/q;+1/p-1/t14-;/m0./s1. The first kappa shape index (κ1) is 23.1. The van der Waals surface area contributed by atoms with E-state index >= 15 is 0 Å². The van der Waals surface area contributed by atoms with Crippen LogP contribution in [0.3, 0.4) is 0 Å². The molecule has 0 aliphatic carbocycles. The van der Waals surface area contributed by atoms with Gasteiger partial charge in [-0.2, -0.15) is 5.09 Å². The van der Waals surface area contributed by atoms with Gasteiger partial charge in [-0.05, 0) is 17.9 Å². The molecule has 0 bridgehead atoms. The molecule has 1 aromatic rings. The van der Waals surface area contributed by atoms with E-state index in [4.69, 9.17) is 4.74 Å². The van der Waals surface area contributed by atoms with Crippen molar-refractivity contribution in [3.05, 3.63) is 35.9 Å². The zero-order valence-electron chi connectivity index (χ0n) is 14.1. The Morgan fingerprint density at radius 3 is 2.58 bits per heavy atom. The summed E-state index contributed by atoms with van der Waals surface area (Å²) in [5.41, 5.74) is 0.786. The Morgan fingerprint density at radius 1 is 1.42 bits per heavy atom. The molecular weight excluding hydrogens is 326 g/mol. The predicted molar refractivity (Wildman–Crippen MR) is 84.7 cm³/mol. The Kier molecular flexibility index (Phi) is 11.1. The van der Waals surface area contributed by atoms with Crippen LogP contribution in [-0.4, -0.2) is 29.6 Å². The fourth-order valence-electron chi connectivity index (χ4n) is 1.80. The van der Waals surface area contributed by atoms with Crippen LogP contribution in [0.2, 0.25) is 0 Å². The van der Waals surface area contributed by atoms with Gasteiger partial charge in [0.05, 0.1) is 0 Å². The molecule has 0 aromatic heterocycles. The van der Waals surface area contributed by atoms with Crippen molar-refractivity contribution < 1.29 is 43.3 Å². The molecule has 0 fully saturated rings. The van der Waals surface area contributed by atoms with Crippen LogP contribution >= 0.6 is 7.87 Å². The zero-order valence-corrected chi connectivity index (χ0v) is 15.0. The first-order valence-electron chi connectivity index (χ1n) is 7.18. The molecule has 0 spiro atoms. The van der Waals surface area contributed by atoms with E-state index in [1.807, 2.05) is 19.9 Å². The van der Waals surface area contributed by atoms with Crippen molar-refractivity contribution in [1.82, 2.24) is 5.09 Å². The molecule has 2 atom stereocenters. The van der Waals surface area contributed by atoms with Gasteiger partial charge in [0.15, 0.2) is 14.2 Å². The second-order valence-corrected chi connectivity index (χ2v) is 7.41. The number of ether oxygens (including phenoxy) is 1. The SMILES string of the molecule is CC(C)C[C@@H]([C]=O)N[P+]([O-])(O)CN=C([O-])OCc1ccccc1.[Li+]. The summed E-state index contributed by atoms with van der Waals surface area (Å²) in [5, 5.41) is 13.8. The van der Waals surface area contributed by atoms with Gasteiger partial charge in [-0.25, -0.2) is 9.89 Å². The monoisotopic (exact) mass is 347 g/mol. The van der Waals surface area contributed by atoms with E-state index < -0.39 is 26.3 Å². The summed E-state index contributed by atoms with van der Waals surface area (Å²) >= 11 is 0. The fraction of sp³-hybridized carbons (Fsp3) is 0.467. The predicted octanol–water partition coefficient (Wildman–Crippen LogP) is -2.89. The van der Waals surface area contributed by atoms with Gasteiger partial charge in [0.1, 0.15) is 12.1 Å². The average Bonchev–Trinajstić information content (AvgIpc) is 2.50. The topological polar surface area (TPSA) is 117 Å². The van der Waals surface area contributed by atoms with Gasteiger partial charge in [0.25, 0.3) is 0 Å². The van der Waals surface area contributed by atoms with Crippen LogP contribution in [0.15, 0.2) is 35.3 Å². The maximum atomic E-state index is 11.9. The molecule has 0 saturated carbocycles. The van der Waals surface area contributed by atoms with Crippen molar-refractivity contribution in [1.29, 1.82) is 0 Å². The molecule has 0 aliphatic heterocycles. The Balaban J connectivity index is 0.00000529. The quantitative estimate of drug-likeness (QED) is 0.214. The largest absolute Gasteiger partial charge is 1.00 e. The molecule has 0 heterocycles. The molecule has 9 heteroatoms. The Morgan fingerprint density at radius 2 is 2.04 bits per heavy atom. The number of hydrogen-bond acceptors (Lipinski definition) is 7. The minimum Gasteiger partial charge on any atom is -0.640 e. The smallest absolute Gasteiger partial charge is 0.640 e. The maximum Gasteiger partial charge on any atom is 1.00 e. The minimum atomic E-state index is -3.95. The van der Waals surface area contributed by atoms with Gasteiger partial charge in [-0.15, -0.1) is 0 Å². The maximum absolute atomic E-state index is 11.9. The number of rotatable bonds is 9. The second kappa shape index (κ2) is 11.6. The summed E-state index contributed by atoms with van der Waals surface area (Å²) in [5.74, 6) is 0.154. The number of nitrogens with zero attached hydrogens (tertiary/aromatic N) is 1. The summed E-state index contributed by atoms with van der Waals surface area (Å²) in [6.07, 6.45) is 0.454. The van der Waals surface area contributed by atoms with Crippen LogP contribution in [0.5, 0.6) is 0 Å². The van der Waals surface area contributed by atoms with E-state index in [-0.39, 0.29) is 31.4 Å². The molecule has 1 radical (unpaired) electrons. The third-order valence-electron chi connectivity index (χ3n) is 2.80. The van der Waals surface area contributed by atoms with Crippen molar-refractivity contribution in [3.63, 3.8) is 0 Å². The van der Waals surface area contributed by atoms with Crippen molar-refractivity contribution >= 4 is 20.2 Å². The van der Waals surface area contributed by atoms with Crippen molar-refractivity contribution in [2.75, 3.05) is 6.29 Å². The zero-order chi connectivity index (χ0) is 17.3. The van der Waals surface area contributed by atoms with Gasteiger partial charge in [-0.3, -0.25) is 4.79 Å². The minimum absolute atomic E-state index is 0. The number of benzene rings is 1. The summed E-state index contributed by atoms with van der Waals surface area (Å²) < 4.78 is 4.88. The Labute approximate surface area is 154 Å². The van der Waals surface area contributed by atoms with Crippen LogP contribution < -0.4 is 33.9 Å². The van der Waals surface area contributed by atoms with Crippen molar-refractivity contribution in [2.45, 2.75) is 32.9 Å². The van der Waals surface area contributed by atoms with E-state index in [0.717, 1.165) is 5.56 Å². The fourth-order valence-corrected chi connectivity index (χ4v) is 2.84. The van der Waals surface area contributed by atoms with Gasteiger partial charge in [0, 0.05) is 6.61 Å². The first-order valence-corrected chi connectivity index (χ1v) is 9.02. The Bertz CT molecular complexity index is 514. The first-order chi connectivity index (χ1) is 10.8. The van der Waals surface area contributed by atoms with Gasteiger partial charge >= 0.3 is 18.9 Å². The van der Waals surface area contributed by atoms with Gasteiger partial charge in [0.2, 0.25) is 6.29 Å². The molecule has 127 valence electrons. The molecule has 1 aromatic carbocycles. The van der Waals surface area contributed by atoms with E-state index in [2.05, 4.69) is 10.1 Å². The molecule has 2 N–H and O–H groups in total. The molecule has 1 unspecified atom stereocenters. The van der Waals surface area contributed by atoms with E-state index in [1.165, 1.54) is 0 Å². The molecule has 7 nitrogen and oxygen atoms in total. The number of aliphatic imine (C=N–C) groups is 1. The van der Waals surface area contributed by atoms with Crippen LogP contribution in [-0.2, 0) is 16.1 Å². The summed E-state index contributed by atoms with van der Waals surface area (Å²) in [6.45, 7) is 3.78.